The molecule has 0 atom stereocenters. The van der Waals surface area contributed by atoms with Crippen LogP contribution in [0.15, 0.2) is 48.8 Å². The highest BCUT2D eigenvalue weighted by atomic mass is 16.6. The van der Waals surface area contributed by atoms with Gasteiger partial charge in [-0.25, -0.2) is 15.0 Å². The van der Waals surface area contributed by atoms with Crippen LogP contribution in [0.4, 0.5) is 17.3 Å². The Morgan fingerprint density at radius 3 is 2.77 bits per heavy atom. The third kappa shape index (κ3) is 2.69. The van der Waals surface area contributed by atoms with E-state index < -0.39 is 4.92 Å². The number of fused-ring (bicyclic) bond motifs is 1. The maximum atomic E-state index is 11.7. The first-order valence-corrected chi connectivity index (χ1v) is 7.64. The maximum absolute atomic E-state index is 11.7. The minimum absolute atomic E-state index is 0.0221. The number of nitrogens with one attached hydrogen (secondary N) is 1. The number of aryl methyl sites for hydroxylation is 1. The molecule has 4 aromatic rings. The SMILES string of the molecule is Cc1cccc(Nc2ncnc(-n3nnc4ccccc43)c2[N+](=O)[O-])n1. The van der Waals surface area contributed by atoms with Gasteiger partial charge in [0.15, 0.2) is 0 Å². The third-order valence-electron chi connectivity index (χ3n) is 3.67. The number of para-hydroxylation sites is 1. The van der Waals surface area contributed by atoms with Gasteiger partial charge in [0.05, 0.1) is 10.4 Å². The van der Waals surface area contributed by atoms with E-state index in [1.807, 2.05) is 19.1 Å². The van der Waals surface area contributed by atoms with Gasteiger partial charge in [-0.2, -0.15) is 4.68 Å². The van der Waals surface area contributed by atoms with E-state index in [-0.39, 0.29) is 17.3 Å². The van der Waals surface area contributed by atoms with Crippen molar-refractivity contribution in [2.45, 2.75) is 6.92 Å². The first-order valence-electron chi connectivity index (χ1n) is 7.64. The fraction of sp³-hybridized carbons (Fsp3) is 0.0625. The van der Waals surface area contributed by atoms with Crippen LogP contribution in [-0.2, 0) is 0 Å². The second kappa shape index (κ2) is 6.16. The van der Waals surface area contributed by atoms with Crippen LogP contribution in [-0.4, -0.2) is 34.9 Å². The Morgan fingerprint density at radius 2 is 1.96 bits per heavy atom. The van der Waals surface area contributed by atoms with E-state index in [4.69, 9.17) is 0 Å². The zero-order chi connectivity index (χ0) is 18.1. The molecule has 0 saturated heterocycles. The highest BCUT2D eigenvalue weighted by molar-refractivity contribution is 5.78. The van der Waals surface area contributed by atoms with E-state index in [2.05, 4.69) is 30.6 Å². The van der Waals surface area contributed by atoms with Crippen molar-refractivity contribution >= 4 is 28.4 Å². The highest BCUT2D eigenvalue weighted by Gasteiger charge is 2.26. The van der Waals surface area contributed by atoms with Gasteiger partial charge in [-0.05, 0) is 31.2 Å². The first kappa shape index (κ1) is 15.6. The zero-order valence-electron chi connectivity index (χ0n) is 13.6. The van der Waals surface area contributed by atoms with Crippen LogP contribution in [0, 0.1) is 17.0 Å². The average molecular weight is 348 g/mol. The van der Waals surface area contributed by atoms with Gasteiger partial charge in [0, 0.05) is 5.69 Å². The van der Waals surface area contributed by atoms with E-state index >= 15 is 0 Å². The Kier molecular flexibility index (Phi) is 3.69. The summed E-state index contributed by atoms with van der Waals surface area (Å²) in [5.74, 6) is 0.493. The number of benzene rings is 1. The summed E-state index contributed by atoms with van der Waals surface area (Å²) in [7, 11) is 0. The van der Waals surface area contributed by atoms with Crippen LogP contribution in [0.2, 0.25) is 0 Å². The number of anilines is 2. The summed E-state index contributed by atoms with van der Waals surface area (Å²) in [6, 6.07) is 12.5. The van der Waals surface area contributed by atoms with Crippen molar-refractivity contribution in [3.05, 3.63) is 64.6 Å². The molecule has 0 spiro atoms. The van der Waals surface area contributed by atoms with Crippen molar-refractivity contribution in [2.24, 2.45) is 0 Å². The van der Waals surface area contributed by atoms with E-state index in [1.54, 1.807) is 30.3 Å². The molecule has 1 aromatic carbocycles. The minimum Gasteiger partial charge on any atom is -0.319 e. The molecular weight excluding hydrogens is 336 g/mol. The van der Waals surface area contributed by atoms with Gasteiger partial charge in [-0.1, -0.05) is 23.4 Å². The monoisotopic (exact) mass is 348 g/mol. The van der Waals surface area contributed by atoms with Gasteiger partial charge < -0.3 is 5.32 Å². The van der Waals surface area contributed by atoms with Gasteiger partial charge in [-0.15, -0.1) is 5.10 Å². The van der Waals surface area contributed by atoms with E-state index in [9.17, 15) is 10.1 Å². The van der Waals surface area contributed by atoms with Gasteiger partial charge in [0.25, 0.3) is 0 Å². The molecule has 0 amide bonds. The van der Waals surface area contributed by atoms with E-state index in [0.717, 1.165) is 5.69 Å². The van der Waals surface area contributed by atoms with Crippen molar-refractivity contribution in [1.82, 2.24) is 29.9 Å². The number of nitro groups is 1. The molecule has 4 rings (SSSR count). The van der Waals surface area contributed by atoms with Crippen LogP contribution >= 0.6 is 0 Å². The van der Waals surface area contributed by atoms with Gasteiger partial charge >= 0.3 is 5.69 Å². The van der Waals surface area contributed by atoms with Crippen LogP contribution in [0.5, 0.6) is 0 Å². The molecule has 10 heteroatoms. The molecule has 0 unspecified atom stereocenters. The molecule has 0 aliphatic heterocycles. The smallest absolute Gasteiger partial charge is 0.319 e. The topological polar surface area (TPSA) is 125 Å². The fourth-order valence-corrected chi connectivity index (χ4v) is 2.54. The molecule has 0 fully saturated rings. The molecule has 128 valence electrons. The summed E-state index contributed by atoms with van der Waals surface area (Å²) in [5, 5.41) is 22.6. The summed E-state index contributed by atoms with van der Waals surface area (Å²) in [5.41, 5.74) is 1.67. The fourth-order valence-electron chi connectivity index (χ4n) is 2.54. The quantitative estimate of drug-likeness (QED) is 0.441. The molecule has 3 heterocycles. The lowest BCUT2D eigenvalue weighted by Gasteiger charge is -2.08. The largest absolute Gasteiger partial charge is 0.356 e. The first-order chi connectivity index (χ1) is 12.6. The number of pyridine rings is 1. The summed E-state index contributed by atoms with van der Waals surface area (Å²) in [4.78, 5) is 23.5. The number of nitrogens with zero attached hydrogens (tertiary/aromatic N) is 7. The molecule has 26 heavy (non-hydrogen) atoms. The predicted octanol–water partition coefficient (Wildman–Crippen LogP) is 2.57. The Labute approximate surface area is 146 Å². The number of hydrogen-bond donors (Lipinski definition) is 1. The Morgan fingerprint density at radius 1 is 1.12 bits per heavy atom. The van der Waals surface area contributed by atoms with Crippen LogP contribution in [0.3, 0.4) is 0 Å². The lowest BCUT2D eigenvalue weighted by molar-refractivity contribution is -0.384. The molecule has 0 radical (unpaired) electrons. The van der Waals surface area contributed by atoms with Crippen molar-refractivity contribution in [1.29, 1.82) is 0 Å². The van der Waals surface area contributed by atoms with E-state index in [1.165, 1.54) is 11.0 Å². The molecule has 0 aliphatic rings. The van der Waals surface area contributed by atoms with Crippen LogP contribution in [0.1, 0.15) is 5.69 Å². The lowest BCUT2D eigenvalue weighted by Crippen LogP contribution is -2.09. The summed E-state index contributed by atoms with van der Waals surface area (Å²) < 4.78 is 1.32. The van der Waals surface area contributed by atoms with E-state index in [0.29, 0.717) is 16.9 Å². The van der Waals surface area contributed by atoms with Crippen molar-refractivity contribution < 1.29 is 4.92 Å². The second-order valence-electron chi connectivity index (χ2n) is 5.43. The highest BCUT2D eigenvalue weighted by Crippen LogP contribution is 2.30. The third-order valence-corrected chi connectivity index (χ3v) is 3.67. The number of aromatic nitrogens is 6. The van der Waals surface area contributed by atoms with Gasteiger partial charge in [0.2, 0.25) is 11.6 Å². The van der Waals surface area contributed by atoms with Crippen molar-refractivity contribution in [3.8, 4) is 5.82 Å². The van der Waals surface area contributed by atoms with Gasteiger partial charge in [-0.3, -0.25) is 10.1 Å². The number of hydrogen-bond acceptors (Lipinski definition) is 8. The predicted molar refractivity (Wildman–Crippen MR) is 93.4 cm³/mol. The summed E-state index contributed by atoms with van der Waals surface area (Å²) in [6.45, 7) is 1.83. The second-order valence-corrected chi connectivity index (χ2v) is 5.43. The maximum Gasteiger partial charge on any atom is 0.356 e. The average Bonchev–Trinajstić information content (AvgIpc) is 3.05. The van der Waals surface area contributed by atoms with Crippen molar-refractivity contribution in [3.63, 3.8) is 0 Å². The molecule has 0 bridgehead atoms. The van der Waals surface area contributed by atoms with Gasteiger partial charge in [0.1, 0.15) is 17.7 Å². The summed E-state index contributed by atoms with van der Waals surface area (Å²) in [6.07, 6.45) is 1.23. The standard InChI is InChI=1S/C16H12N8O2/c1-10-5-4-8-13(19-10)20-15-14(24(25)26)16(18-9-17-15)23-12-7-3-2-6-11(12)21-22-23/h2-9H,1H3,(H,17,18,19,20). The van der Waals surface area contributed by atoms with Crippen LogP contribution in [0.25, 0.3) is 16.9 Å². The zero-order valence-corrected chi connectivity index (χ0v) is 13.6. The number of rotatable bonds is 4. The molecule has 3 aromatic heterocycles. The van der Waals surface area contributed by atoms with Crippen LogP contribution < -0.4 is 5.32 Å². The molecule has 0 aliphatic carbocycles. The Balaban J connectivity index is 1.87. The lowest BCUT2D eigenvalue weighted by atomic mass is 10.3. The summed E-state index contributed by atoms with van der Waals surface area (Å²) >= 11 is 0. The van der Waals surface area contributed by atoms with Crippen molar-refractivity contribution in [2.75, 3.05) is 5.32 Å². The normalized spacial score (nSPS) is 10.8. The molecule has 1 N–H and O–H groups in total. The Hall–Kier alpha value is -3.95. The Bertz CT molecular complexity index is 1120. The molecule has 0 saturated carbocycles. The molecule has 10 nitrogen and oxygen atoms in total. The molecular formula is C16H12N8O2. The minimum atomic E-state index is -0.552.